The van der Waals surface area contributed by atoms with Gasteiger partial charge in [-0.2, -0.15) is 4.31 Å². The van der Waals surface area contributed by atoms with E-state index in [1.165, 1.54) is 4.31 Å². The molecule has 1 N–H and O–H groups in total. The molecule has 1 rings (SSSR count). The maximum Gasteiger partial charge on any atom is 0.214 e. The van der Waals surface area contributed by atoms with E-state index < -0.39 is 10.0 Å². The molecule has 1 aliphatic rings. The van der Waals surface area contributed by atoms with Gasteiger partial charge in [-0.1, -0.05) is 0 Å². The Hall–Kier alpha value is -0.170. The summed E-state index contributed by atoms with van der Waals surface area (Å²) < 4.78 is 25.2. The van der Waals surface area contributed by atoms with E-state index in [0.717, 1.165) is 25.9 Å². The number of hydrogen-bond acceptors (Lipinski definition) is 4. The lowest BCUT2D eigenvalue weighted by atomic mass is 10.1. The Morgan fingerprint density at radius 2 is 1.94 bits per heavy atom. The zero-order valence-electron chi connectivity index (χ0n) is 10.1. The van der Waals surface area contributed by atoms with E-state index in [1.54, 1.807) is 6.92 Å². The van der Waals surface area contributed by atoms with Crippen molar-refractivity contribution in [1.29, 1.82) is 0 Å². The Morgan fingerprint density at radius 3 is 2.38 bits per heavy atom. The summed E-state index contributed by atoms with van der Waals surface area (Å²) in [6.07, 6.45) is 1.71. The quantitative estimate of drug-likeness (QED) is 0.729. The van der Waals surface area contributed by atoms with Gasteiger partial charge in [-0.3, -0.25) is 0 Å². The Bertz CT molecular complexity index is 297. The summed E-state index contributed by atoms with van der Waals surface area (Å²) >= 11 is 0. The number of aliphatic hydroxyl groups is 1. The van der Waals surface area contributed by atoms with Crippen LogP contribution in [0.4, 0.5) is 0 Å². The van der Waals surface area contributed by atoms with E-state index in [9.17, 15) is 8.42 Å². The minimum absolute atomic E-state index is 0.0632. The summed E-state index contributed by atoms with van der Waals surface area (Å²) in [6.45, 7) is 3.61. The van der Waals surface area contributed by atoms with Crippen molar-refractivity contribution in [3.8, 4) is 0 Å². The lowest BCUT2D eigenvalue weighted by Crippen LogP contribution is -2.48. The first kappa shape index (κ1) is 13.9. The zero-order valence-corrected chi connectivity index (χ0v) is 10.9. The maximum atomic E-state index is 11.9. The number of rotatable bonds is 5. The summed E-state index contributed by atoms with van der Waals surface area (Å²) in [5.41, 5.74) is 0. The molecule has 0 spiro atoms. The highest BCUT2D eigenvalue weighted by Gasteiger charge is 2.30. The molecule has 16 heavy (non-hydrogen) atoms. The van der Waals surface area contributed by atoms with Crippen LogP contribution in [-0.4, -0.2) is 67.8 Å². The number of piperidine rings is 1. The van der Waals surface area contributed by atoms with Gasteiger partial charge in [0.05, 0.1) is 12.4 Å². The third kappa shape index (κ3) is 3.41. The molecule has 0 amide bonds. The van der Waals surface area contributed by atoms with Crippen molar-refractivity contribution in [3.05, 3.63) is 0 Å². The van der Waals surface area contributed by atoms with E-state index in [-0.39, 0.29) is 24.9 Å². The van der Waals surface area contributed by atoms with Crippen LogP contribution in [0.1, 0.15) is 19.8 Å². The highest BCUT2D eigenvalue weighted by Crippen LogP contribution is 2.18. The average molecular weight is 250 g/mol. The fourth-order valence-corrected chi connectivity index (χ4v) is 3.45. The van der Waals surface area contributed by atoms with Gasteiger partial charge >= 0.3 is 0 Å². The molecule has 0 aromatic carbocycles. The smallest absolute Gasteiger partial charge is 0.214 e. The predicted molar refractivity (Wildman–Crippen MR) is 63.8 cm³/mol. The van der Waals surface area contributed by atoms with Crippen molar-refractivity contribution in [2.24, 2.45) is 0 Å². The summed E-state index contributed by atoms with van der Waals surface area (Å²) in [5, 5.41) is 8.96. The van der Waals surface area contributed by atoms with E-state index in [4.69, 9.17) is 5.11 Å². The van der Waals surface area contributed by atoms with Crippen LogP contribution in [0.15, 0.2) is 0 Å². The highest BCUT2D eigenvalue weighted by molar-refractivity contribution is 7.89. The Balaban J connectivity index is 2.70. The van der Waals surface area contributed by atoms with Gasteiger partial charge in [0, 0.05) is 12.6 Å². The van der Waals surface area contributed by atoms with E-state index >= 15 is 0 Å². The van der Waals surface area contributed by atoms with Gasteiger partial charge in [-0.15, -0.1) is 0 Å². The number of sulfonamides is 1. The van der Waals surface area contributed by atoms with Crippen LogP contribution in [0.25, 0.3) is 0 Å². The minimum atomic E-state index is -3.18. The minimum Gasteiger partial charge on any atom is -0.395 e. The first-order chi connectivity index (χ1) is 7.51. The SMILES string of the molecule is CCS(=O)(=O)N(CCO)C1CCN(C)CC1. The van der Waals surface area contributed by atoms with Crippen molar-refractivity contribution in [1.82, 2.24) is 9.21 Å². The lowest BCUT2D eigenvalue weighted by molar-refractivity contribution is 0.161. The lowest BCUT2D eigenvalue weighted by Gasteiger charge is -2.36. The van der Waals surface area contributed by atoms with Crippen molar-refractivity contribution in [2.75, 3.05) is 39.0 Å². The van der Waals surface area contributed by atoms with Crippen LogP contribution in [0, 0.1) is 0 Å². The van der Waals surface area contributed by atoms with Crippen molar-refractivity contribution in [2.45, 2.75) is 25.8 Å². The second-order valence-corrected chi connectivity index (χ2v) is 6.48. The van der Waals surface area contributed by atoms with Gasteiger partial charge in [-0.05, 0) is 39.9 Å². The molecule has 0 unspecified atom stereocenters. The molecule has 0 bridgehead atoms. The van der Waals surface area contributed by atoms with Crippen molar-refractivity contribution < 1.29 is 13.5 Å². The Kier molecular flexibility index (Phi) is 5.17. The predicted octanol–water partition coefficient (Wildman–Crippen LogP) is -0.275. The molecular formula is C10H22N2O3S. The number of nitrogens with zero attached hydrogens (tertiary/aromatic N) is 2. The van der Waals surface area contributed by atoms with Crippen LogP contribution in [0.5, 0.6) is 0 Å². The van der Waals surface area contributed by atoms with E-state index in [1.807, 2.05) is 7.05 Å². The van der Waals surface area contributed by atoms with Crippen LogP contribution in [0.2, 0.25) is 0 Å². The molecule has 5 nitrogen and oxygen atoms in total. The van der Waals surface area contributed by atoms with Gasteiger partial charge in [-0.25, -0.2) is 8.42 Å². The molecule has 0 saturated carbocycles. The van der Waals surface area contributed by atoms with Gasteiger partial charge < -0.3 is 10.0 Å². The fraction of sp³-hybridized carbons (Fsp3) is 1.00. The largest absolute Gasteiger partial charge is 0.395 e. The molecule has 6 heteroatoms. The van der Waals surface area contributed by atoms with E-state index in [2.05, 4.69) is 4.90 Å². The van der Waals surface area contributed by atoms with Gasteiger partial charge in [0.1, 0.15) is 0 Å². The van der Waals surface area contributed by atoms with Crippen LogP contribution >= 0.6 is 0 Å². The van der Waals surface area contributed by atoms with Crippen molar-refractivity contribution >= 4 is 10.0 Å². The van der Waals surface area contributed by atoms with Crippen LogP contribution in [-0.2, 0) is 10.0 Å². The highest BCUT2D eigenvalue weighted by atomic mass is 32.2. The molecule has 0 aromatic rings. The first-order valence-corrected chi connectivity index (χ1v) is 7.41. The summed E-state index contributed by atoms with van der Waals surface area (Å²) in [6, 6.07) is 0.0632. The number of hydrogen-bond donors (Lipinski definition) is 1. The molecule has 0 aromatic heterocycles. The van der Waals surface area contributed by atoms with E-state index in [0.29, 0.717) is 0 Å². The third-order valence-electron chi connectivity index (χ3n) is 3.14. The average Bonchev–Trinajstić information content (AvgIpc) is 2.27. The second-order valence-electron chi connectivity index (χ2n) is 4.27. The molecule has 1 aliphatic heterocycles. The molecule has 1 fully saturated rings. The third-order valence-corrected chi connectivity index (χ3v) is 5.06. The molecule has 0 aliphatic carbocycles. The standard InChI is InChI=1S/C10H22N2O3S/c1-3-16(14,15)12(8-9-13)10-4-6-11(2)7-5-10/h10,13H,3-9H2,1-2H3. The molecule has 96 valence electrons. The maximum absolute atomic E-state index is 11.9. The van der Waals surface area contributed by atoms with Gasteiger partial charge in [0.25, 0.3) is 0 Å². The summed E-state index contributed by atoms with van der Waals surface area (Å²) in [5.74, 6) is 0.110. The number of likely N-dealkylation sites (tertiary alicyclic amines) is 1. The Labute approximate surface area is 98.1 Å². The second kappa shape index (κ2) is 5.95. The normalized spacial score (nSPS) is 20.5. The van der Waals surface area contributed by atoms with Crippen LogP contribution < -0.4 is 0 Å². The first-order valence-electron chi connectivity index (χ1n) is 5.80. The molecule has 1 saturated heterocycles. The summed E-state index contributed by atoms with van der Waals surface area (Å²) in [7, 11) is -1.14. The molecular weight excluding hydrogens is 228 g/mol. The van der Waals surface area contributed by atoms with Crippen molar-refractivity contribution in [3.63, 3.8) is 0 Å². The van der Waals surface area contributed by atoms with Crippen LogP contribution in [0.3, 0.4) is 0 Å². The molecule has 1 heterocycles. The number of aliphatic hydroxyl groups excluding tert-OH is 1. The topological polar surface area (TPSA) is 60.9 Å². The fourth-order valence-electron chi connectivity index (χ4n) is 2.10. The zero-order chi connectivity index (χ0) is 12.2. The van der Waals surface area contributed by atoms with Gasteiger partial charge in [0.2, 0.25) is 10.0 Å². The summed E-state index contributed by atoms with van der Waals surface area (Å²) in [4.78, 5) is 2.20. The van der Waals surface area contributed by atoms with Gasteiger partial charge in [0.15, 0.2) is 0 Å². The Morgan fingerprint density at radius 1 is 1.38 bits per heavy atom. The monoisotopic (exact) mass is 250 g/mol. The molecule has 0 atom stereocenters. The molecule has 0 radical (unpaired) electrons.